The number of hydrogen-bond acceptors (Lipinski definition) is 1. The summed E-state index contributed by atoms with van der Waals surface area (Å²) >= 11 is 5.89. The lowest BCUT2D eigenvalue weighted by Gasteiger charge is -2.21. The van der Waals surface area contributed by atoms with Crippen LogP contribution in [0, 0.1) is 6.92 Å². The number of halogens is 4. The summed E-state index contributed by atoms with van der Waals surface area (Å²) in [5, 5.41) is 3.88. The maximum atomic E-state index is 12.2. The molecule has 1 N–H and O–H groups in total. The maximum absolute atomic E-state index is 12.2. The summed E-state index contributed by atoms with van der Waals surface area (Å²) in [6.45, 7) is 4.59. The first-order valence-electron chi connectivity index (χ1n) is 6.39. The number of alkyl halides is 3. The molecule has 1 unspecified atom stereocenters. The molecule has 0 amide bonds. The van der Waals surface area contributed by atoms with Gasteiger partial charge in [-0.3, -0.25) is 0 Å². The SMILES string of the molecule is CCNC(CCCC(F)(F)F)c1ccc(Cl)cc1C. The number of nitrogens with one attached hydrogen (secondary N) is 1. The molecule has 1 rings (SSSR count). The summed E-state index contributed by atoms with van der Waals surface area (Å²) < 4.78 is 36.6. The fourth-order valence-electron chi connectivity index (χ4n) is 2.15. The second kappa shape index (κ2) is 7.15. The standard InChI is InChI=1S/C14H19ClF3N/c1-3-19-13(5-4-8-14(16,17)18)12-7-6-11(15)9-10(12)2/h6-7,9,13,19H,3-5,8H2,1-2H3. The lowest BCUT2D eigenvalue weighted by Crippen LogP contribution is -2.22. The zero-order valence-electron chi connectivity index (χ0n) is 11.1. The molecule has 108 valence electrons. The van der Waals surface area contributed by atoms with Gasteiger partial charge in [-0.15, -0.1) is 0 Å². The molecule has 0 aliphatic heterocycles. The molecule has 0 radical (unpaired) electrons. The molecular formula is C14H19ClF3N. The Balaban J connectivity index is 2.71. The Morgan fingerprint density at radius 1 is 1.32 bits per heavy atom. The lowest BCUT2D eigenvalue weighted by molar-refractivity contribution is -0.135. The molecule has 0 saturated carbocycles. The van der Waals surface area contributed by atoms with Gasteiger partial charge in [-0.1, -0.05) is 24.6 Å². The molecule has 0 aliphatic carbocycles. The van der Waals surface area contributed by atoms with E-state index in [2.05, 4.69) is 5.32 Å². The zero-order valence-corrected chi connectivity index (χ0v) is 11.9. The molecule has 1 atom stereocenters. The first kappa shape index (κ1) is 16.3. The highest BCUT2D eigenvalue weighted by Crippen LogP contribution is 2.28. The highest BCUT2D eigenvalue weighted by Gasteiger charge is 2.27. The van der Waals surface area contributed by atoms with E-state index in [4.69, 9.17) is 11.6 Å². The third-order valence-corrected chi connectivity index (χ3v) is 3.25. The first-order valence-corrected chi connectivity index (χ1v) is 6.77. The normalized spacial score (nSPS) is 13.6. The van der Waals surface area contributed by atoms with Crippen LogP contribution in [-0.2, 0) is 0 Å². The van der Waals surface area contributed by atoms with Crippen molar-refractivity contribution in [3.05, 3.63) is 34.3 Å². The predicted octanol–water partition coefficient (Wildman–Crippen LogP) is 5.03. The van der Waals surface area contributed by atoms with Gasteiger partial charge in [0.05, 0.1) is 0 Å². The van der Waals surface area contributed by atoms with Crippen molar-refractivity contribution in [1.29, 1.82) is 0 Å². The van der Waals surface area contributed by atoms with Gasteiger partial charge in [0, 0.05) is 17.5 Å². The first-order chi connectivity index (χ1) is 8.83. The minimum Gasteiger partial charge on any atom is -0.310 e. The number of hydrogen-bond donors (Lipinski definition) is 1. The van der Waals surface area contributed by atoms with Crippen molar-refractivity contribution in [2.75, 3.05) is 6.54 Å². The van der Waals surface area contributed by atoms with E-state index < -0.39 is 12.6 Å². The summed E-state index contributed by atoms with van der Waals surface area (Å²) in [6.07, 6.45) is -4.22. The molecule has 0 heterocycles. The third kappa shape index (κ3) is 5.83. The zero-order chi connectivity index (χ0) is 14.5. The van der Waals surface area contributed by atoms with Crippen molar-refractivity contribution in [1.82, 2.24) is 5.32 Å². The summed E-state index contributed by atoms with van der Waals surface area (Å²) in [5.41, 5.74) is 2.03. The molecule has 5 heteroatoms. The fraction of sp³-hybridized carbons (Fsp3) is 0.571. The molecule has 1 aromatic carbocycles. The maximum Gasteiger partial charge on any atom is 0.389 e. The Morgan fingerprint density at radius 3 is 2.53 bits per heavy atom. The van der Waals surface area contributed by atoms with Gasteiger partial charge in [-0.05, 0) is 49.6 Å². The molecule has 0 bridgehead atoms. The quantitative estimate of drug-likeness (QED) is 0.775. The molecule has 1 nitrogen and oxygen atoms in total. The van der Waals surface area contributed by atoms with Gasteiger partial charge < -0.3 is 5.32 Å². The van der Waals surface area contributed by atoms with Crippen LogP contribution in [0.4, 0.5) is 13.2 Å². The molecule has 0 spiro atoms. The molecule has 0 aromatic heterocycles. The van der Waals surface area contributed by atoms with Crippen molar-refractivity contribution in [3.8, 4) is 0 Å². The molecule has 19 heavy (non-hydrogen) atoms. The minimum atomic E-state index is -4.08. The van der Waals surface area contributed by atoms with Crippen LogP contribution in [0.1, 0.15) is 43.4 Å². The Hall–Kier alpha value is -0.740. The lowest BCUT2D eigenvalue weighted by atomic mass is 9.96. The Morgan fingerprint density at radius 2 is 2.00 bits per heavy atom. The van der Waals surface area contributed by atoms with E-state index in [1.807, 2.05) is 26.0 Å². The van der Waals surface area contributed by atoms with Gasteiger partial charge >= 0.3 is 6.18 Å². The average molecular weight is 294 g/mol. The predicted molar refractivity (Wildman–Crippen MR) is 72.5 cm³/mol. The van der Waals surface area contributed by atoms with Crippen LogP contribution in [0.2, 0.25) is 5.02 Å². The van der Waals surface area contributed by atoms with Gasteiger partial charge in [0.25, 0.3) is 0 Å². The summed E-state index contributed by atoms with van der Waals surface area (Å²) in [7, 11) is 0. The Bertz CT molecular complexity index is 404. The number of aryl methyl sites for hydroxylation is 1. The van der Waals surface area contributed by atoms with E-state index in [0.717, 1.165) is 17.7 Å². The van der Waals surface area contributed by atoms with E-state index in [0.29, 0.717) is 11.4 Å². The van der Waals surface area contributed by atoms with Crippen molar-refractivity contribution >= 4 is 11.6 Å². The van der Waals surface area contributed by atoms with Crippen molar-refractivity contribution in [2.24, 2.45) is 0 Å². The van der Waals surface area contributed by atoms with Gasteiger partial charge in [-0.2, -0.15) is 13.2 Å². The molecule has 0 saturated heterocycles. The van der Waals surface area contributed by atoms with Gasteiger partial charge in [0.15, 0.2) is 0 Å². The largest absolute Gasteiger partial charge is 0.389 e. The third-order valence-electron chi connectivity index (χ3n) is 3.01. The molecular weight excluding hydrogens is 275 g/mol. The topological polar surface area (TPSA) is 12.0 Å². The van der Waals surface area contributed by atoms with Gasteiger partial charge in [0.2, 0.25) is 0 Å². The summed E-state index contributed by atoms with van der Waals surface area (Å²) in [4.78, 5) is 0. The highest BCUT2D eigenvalue weighted by molar-refractivity contribution is 6.30. The second-order valence-electron chi connectivity index (χ2n) is 4.62. The summed E-state index contributed by atoms with van der Waals surface area (Å²) in [6, 6.07) is 5.45. The van der Waals surface area contributed by atoms with Crippen molar-refractivity contribution in [3.63, 3.8) is 0 Å². The summed E-state index contributed by atoms with van der Waals surface area (Å²) in [5.74, 6) is 0. The number of benzene rings is 1. The Labute approximate surface area is 117 Å². The van der Waals surface area contributed by atoms with Crippen molar-refractivity contribution in [2.45, 2.75) is 45.3 Å². The van der Waals surface area contributed by atoms with Crippen LogP contribution in [-0.4, -0.2) is 12.7 Å². The molecule has 0 fully saturated rings. The second-order valence-corrected chi connectivity index (χ2v) is 5.06. The molecule has 0 aliphatic rings. The smallest absolute Gasteiger partial charge is 0.310 e. The van der Waals surface area contributed by atoms with Crippen LogP contribution < -0.4 is 5.32 Å². The monoisotopic (exact) mass is 293 g/mol. The minimum absolute atomic E-state index is 0.0513. The van der Waals surface area contributed by atoms with E-state index in [1.165, 1.54) is 0 Å². The van der Waals surface area contributed by atoms with E-state index in [9.17, 15) is 13.2 Å². The molecule has 1 aromatic rings. The van der Waals surface area contributed by atoms with Crippen LogP contribution in [0.15, 0.2) is 18.2 Å². The van der Waals surface area contributed by atoms with Crippen LogP contribution in [0.3, 0.4) is 0 Å². The van der Waals surface area contributed by atoms with Gasteiger partial charge in [-0.25, -0.2) is 0 Å². The van der Waals surface area contributed by atoms with E-state index >= 15 is 0 Å². The van der Waals surface area contributed by atoms with Crippen molar-refractivity contribution < 1.29 is 13.2 Å². The van der Waals surface area contributed by atoms with Crippen LogP contribution in [0.5, 0.6) is 0 Å². The van der Waals surface area contributed by atoms with Crippen LogP contribution in [0.25, 0.3) is 0 Å². The fourth-order valence-corrected chi connectivity index (χ4v) is 2.38. The van der Waals surface area contributed by atoms with Crippen LogP contribution >= 0.6 is 11.6 Å². The Kier molecular flexibility index (Phi) is 6.14. The average Bonchev–Trinajstić information content (AvgIpc) is 2.26. The van der Waals surface area contributed by atoms with E-state index in [-0.39, 0.29) is 12.5 Å². The van der Waals surface area contributed by atoms with E-state index in [1.54, 1.807) is 6.07 Å². The number of rotatable bonds is 6. The van der Waals surface area contributed by atoms with Gasteiger partial charge in [0.1, 0.15) is 0 Å². The highest BCUT2D eigenvalue weighted by atomic mass is 35.5.